The number of alkyl halides is 1. The molecule has 0 heterocycles. The first-order valence-corrected chi connectivity index (χ1v) is 6.53. The van der Waals surface area contributed by atoms with Gasteiger partial charge < -0.3 is 20.4 Å². The average molecular weight is 319 g/mol. The molecule has 0 radical (unpaired) electrons. The number of aromatic hydroxyl groups is 1. The van der Waals surface area contributed by atoms with Crippen molar-refractivity contribution < 1.29 is 25.2 Å². The molecule has 0 saturated carbocycles. The summed E-state index contributed by atoms with van der Waals surface area (Å²) in [6.07, 6.45) is -2.13. The number of phenols is 1. The van der Waals surface area contributed by atoms with Gasteiger partial charge in [-0.2, -0.15) is 0 Å². The third kappa shape index (κ3) is 3.97. The van der Waals surface area contributed by atoms with Crippen molar-refractivity contribution in [2.45, 2.75) is 25.0 Å². The summed E-state index contributed by atoms with van der Waals surface area (Å²) >= 11 is 3.15. The van der Waals surface area contributed by atoms with Gasteiger partial charge in [-0.05, 0) is 24.1 Å². The fourth-order valence-corrected chi connectivity index (χ4v) is 2.07. The number of carbonyl (C=O) groups is 1. The molecule has 4 N–H and O–H groups in total. The molecule has 18 heavy (non-hydrogen) atoms. The molecule has 0 spiro atoms. The smallest absolute Gasteiger partial charge is 0.307 e. The van der Waals surface area contributed by atoms with Crippen molar-refractivity contribution in [2.24, 2.45) is 0 Å². The predicted octanol–water partition coefficient (Wildman–Crippen LogP) is 1.20. The third-order valence-corrected chi connectivity index (χ3v) is 2.99. The minimum Gasteiger partial charge on any atom is -0.508 e. The van der Waals surface area contributed by atoms with Crippen LogP contribution in [0.2, 0.25) is 0 Å². The van der Waals surface area contributed by atoms with E-state index in [2.05, 4.69) is 15.9 Å². The molecule has 0 bridgehead atoms. The summed E-state index contributed by atoms with van der Waals surface area (Å²) < 4.78 is 0. The molecule has 100 valence electrons. The van der Waals surface area contributed by atoms with Gasteiger partial charge in [-0.3, -0.25) is 4.79 Å². The number of aliphatic hydroxyl groups is 2. The highest BCUT2D eigenvalue weighted by molar-refractivity contribution is 9.09. The van der Waals surface area contributed by atoms with Crippen LogP contribution in [-0.4, -0.2) is 37.8 Å². The lowest BCUT2D eigenvalue weighted by Gasteiger charge is -2.18. The standard InChI is InChI=1S/C12H15BrO5/c13-4-3-10(15)12(18)8-5-7(6-11(16)17)1-2-9(8)14/h1-2,5,10,12,14-15,18H,3-4,6H2,(H,16,17). The van der Waals surface area contributed by atoms with E-state index in [1.165, 1.54) is 18.2 Å². The van der Waals surface area contributed by atoms with Gasteiger partial charge >= 0.3 is 5.97 Å². The van der Waals surface area contributed by atoms with E-state index in [4.69, 9.17) is 5.11 Å². The number of aliphatic hydroxyl groups excluding tert-OH is 2. The maximum absolute atomic E-state index is 10.6. The number of phenolic OH excluding ortho intramolecular Hbond substituents is 1. The number of aliphatic carboxylic acids is 1. The Morgan fingerprint density at radius 1 is 1.33 bits per heavy atom. The number of carboxylic acids is 1. The lowest BCUT2D eigenvalue weighted by atomic mass is 9.98. The van der Waals surface area contributed by atoms with Crippen LogP contribution in [0.1, 0.15) is 23.7 Å². The molecular weight excluding hydrogens is 304 g/mol. The molecule has 0 aromatic heterocycles. The second-order valence-electron chi connectivity index (χ2n) is 3.95. The predicted molar refractivity (Wildman–Crippen MR) is 68.8 cm³/mol. The highest BCUT2D eigenvalue weighted by Gasteiger charge is 2.21. The highest BCUT2D eigenvalue weighted by Crippen LogP contribution is 2.29. The fraction of sp³-hybridized carbons (Fsp3) is 0.417. The van der Waals surface area contributed by atoms with Crippen LogP contribution in [0.3, 0.4) is 0 Å². The Kier molecular flexibility index (Phi) is 5.58. The van der Waals surface area contributed by atoms with Crippen LogP contribution in [-0.2, 0) is 11.2 Å². The van der Waals surface area contributed by atoms with Gasteiger partial charge in [-0.25, -0.2) is 0 Å². The van der Waals surface area contributed by atoms with Crippen molar-refractivity contribution in [3.8, 4) is 5.75 Å². The van der Waals surface area contributed by atoms with Crippen molar-refractivity contribution in [3.05, 3.63) is 29.3 Å². The van der Waals surface area contributed by atoms with E-state index in [-0.39, 0.29) is 17.7 Å². The quantitative estimate of drug-likeness (QED) is 0.591. The third-order valence-electron chi connectivity index (χ3n) is 2.54. The molecule has 2 atom stereocenters. The van der Waals surface area contributed by atoms with Gasteiger partial charge in [0.15, 0.2) is 0 Å². The van der Waals surface area contributed by atoms with Gasteiger partial charge in [0, 0.05) is 10.9 Å². The zero-order valence-electron chi connectivity index (χ0n) is 9.58. The largest absolute Gasteiger partial charge is 0.508 e. The highest BCUT2D eigenvalue weighted by atomic mass is 79.9. The van der Waals surface area contributed by atoms with E-state index in [9.17, 15) is 20.1 Å². The summed E-state index contributed by atoms with van der Waals surface area (Å²) in [5.74, 6) is -1.16. The Morgan fingerprint density at radius 3 is 2.56 bits per heavy atom. The number of benzene rings is 1. The van der Waals surface area contributed by atoms with Crippen LogP contribution in [0.15, 0.2) is 18.2 Å². The first kappa shape index (κ1) is 14.9. The zero-order chi connectivity index (χ0) is 13.7. The average Bonchev–Trinajstić information content (AvgIpc) is 2.30. The van der Waals surface area contributed by atoms with Gasteiger partial charge in [-0.15, -0.1) is 0 Å². The molecule has 6 heteroatoms. The molecule has 2 unspecified atom stereocenters. The molecule has 0 aliphatic carbocycles. The number of hydrogen-bond donors (Lipinski definition) is 4. The molecule has 0 saturated heterocycles. The number of hydrogen-bond acceptors (Lipinski definition) is 4. The van der Waals surface area contributed by atoms with E-state index < -0.39 is 18.2 Å². The maximum atomic E-state index is 10.6. The van der Waals surface area contributed by atoms with E-state index in [1.54, 1.807) is 0 Å². The van der Waals surface area contributed by atoms with Crippen LogP contribution >= 0.6 is 15.9 Å². The van der Waals surface area contributed by atoms with Crippen LogP contribution < -0.4 is 0 Å². The Hall–Kier alpha value is -1.11. The van der Waals surface area contributed by atoms with Gasteiger partial charge in [0.25, 0.3) is 0 Å². The van der Waals surface area contributed by atoms with Gasteiger partial charge in [0.05, 0.1) is 12.5 Å². The van der Waals surface area contributed by atoms with E-state index in [0.717, 1.165) is 0 Å². The Bertz CT molecular complexity index is 421. The number of rotatable bonds is 6. The van der Waals surface area contributed by atoms with Gasteiger partial charge in [-0.1, -0.05) is 22.0 Å². The SMILES string of the molecule is O=C(O)Cc1ccc(O)c(C(O)C(O)CCBr)c1. The normalized spacial score (nSPS) is 14.2. The summed E-state index contributed by atoms with van der Waals surface area (Å²) in [4.78, 5) is 10.6. The van der Waals surface area contributed by atoms with E-state index >= 15 is 0 Å². The van der Waals surface area contributed by atoms with Crippen molar-refractivity contribution in [1.29, 1.82) is 0 Å². The summed E-state index contributed by atoms with van der Waals surface area (Å²) in [7, 11) is 0. The van der Waals surface area contributed by atoms with Crippen molar-refractivity contribution >= 4 is 21.9 Å². The molecule has 5 nitrogen and oxygen atoms in total. The second-order valence-corrected chi connectivity index (χ2v) is 4.75. The lowest BCUT2D eigenvalue weighted by Crippen LogP contribution is -2.19. The topological polar surface area (TPSA) is 98.0 Å². The Morgan fingerprint density at radius 2 is 2.00 bits per heavy atom. The van der Waals surface area contributed by atoms with E-state index in [0.29, 0.717) is 17.3 Å². The molecule has 1 rings (SSSR count). The molecule has 0 aliphatic rings. The van der Waals surface area contributed by atoms with Crippen molar-refractivity contribution in [1.82, 2.24) is 0 Å². The minimum atomic E-state index is -1.24. The second kappa shape index (κ2) is 6.72. The molecular formula is C12H15BrO5. The summed E-state index contributed by atoms with van der Waals surface area (Å²) in [5.41, 5.74) is 0.600. The van der Waals surface area contributed by atoms with Crippen molar-refractivity contribution in [2.75, 3.05) is 5.33 Å². The molecule has 1 aromatic rings. The lowest BCUT2D eigenvalue weighted by molar-refractivity contribution is -0.136. The van der Waals surface area contributed by atoms with E-state index in [1.807, 2.05) is 0 Å². The first-order chi connectivity index (χ1) is 8.45. The summed E-state index contributed by atoms with van der Waals surface area (Å²) in [6.45, 7) is 0. The van der Waals surface area contributed by atoms with Crippen LogP contribution in [0, 0.1) is 0 Å². The molecule has 0 fully saturated rings. The van der Waals surface area contributed by atoms with Crippen LogP contribution in [0.4, 0.5) is 0 Å². The number of halogens is 1. The Balaban J connectivity index is 2.95. The van der Waals surface area contributed by atoms with Crippen molar-refractivity contribution in [3.63, 3.8) is 0 Å². The van der Waals surface area contributed by atoms with Gasteiger partial charge in [0.2, 0.25) is 0 Å². The fourth-order valence-electron chi connectivity index (χ4n) is 1.60. The molecule has 1 aromatic carbocycles. The monoisotopic (exact) mass is 318 g/mol. The van der Waals surface area contributed by atoms with Crippen LogP contribution in [0.25, 0.3) is 0 Å². The van der Waals surface area contributed by atoms with Crippen LogP contribution in [0.5, 0.6) is 5.75 Å². The minimum absolute atomic E-state index is 0.141. The molecule has 0 amide bonds. The summed E-state index contributed by atoms with van der Waals surface area (Å²) in [5, 5.41) is 38.4. The molecule has 0 aliphatic heterocycles. The van der Waals surface area contributed by atoms with Gasteiger partial charge in [0.1, 0.15) is 11.9 Å². The Labute approximate surface area is 113 Å². The summed E-state index contributed by atoms with van der Waals surface area (Å²) in [6, 6.07) is 4.18. The number of carboxylic acid groups (broad SMARTS) is 1. The zero-order valence-corrected chi connectivity index (χ0v) is 11.2. The first-order valence-electron chi connectivity index (χ1n) is 5.41. The maximum Gasteiger partial charge on any atom is 0.307 e.